The molecule has 0 unspecified atom stereocenters. The van der Waals surface area contributed by atoms with Crippen LogP contribution in [0.5, 0.6) is 0 Å². The minimum atomic E-state index is -0.00805. The van der Waals surface area contributed by atoms with E-state index in [1.807, 2.05) is 11.5 Å². The van der Waals surface area contributed by atoms with Crippen LogP contribution in [0.15, 0.2) is 18.2 Å². The quantitative estimate of drug-likeness (QED) is 0.858. The van der Waals surface area contributed by atoms with Gasteiger partial charge in [-0.2, -0.15) is 5.26 Å². The summed E-state index contributed by atoms with van der Waals surface area (Å²) >= 11 is 5.90. The summed E-state index contributed by atoms with van der Waals surface area (Å²) in [5.41, 5.74) is 2.19. The summed E-state index contributed by atoms with van der Waals surface area (Å²) in [7, 11) is 0. The van der Waals surface area contributed by atoms with Crippen LogP contribution in [0.3, 0.4) is 0 Å². The number of nitriles is 1. The van der Waals surface area contributed by atoms with Gasteiger partial charge in [-0.1, -0.05) is 0 Å². The molecule has 0 spiro atoms. The van der Waals surface area contributed by atoms with Crippen LogP contribution >= 0.6 is 11.6 Å². The number of halogens is 1. The van der Waals surface area contributed by atoms with Crippen molar-refractivity contribution in [3.8, 4) is 6.07 Å². The molecule has 20 heavy (non-hydrogen) atoms. The van der Waals surface area contributed by atoms with Crippen molar-refractivity contribution in [1.29, 1.82) is 5.26 Å². The van der Waals surface area contributed by atoms with Gasteiger partial charge in [0, 0.05) is 19.5 Å². The van der Waals surface area contributed by atoms with Gasteiger partial charge in [-0.25, -0.2) is 4.98 Å². The molecule has 0 fully saturated rings. The molecule has 0 bridgehead atoms. The van der Waals surface area contributed by atoms with Crippen molar-refractivity contribution in [3.05, 3.63) is 29.6 Å². The summed E-state index contributed by atoms with van der Waals surface area (Å²) in [4.78, 5) is 16.0. The fourth-order valence-electron chi connectivity index (χ4n) is 2.09. The van der Waals surface area contributed by atoms with Gasteiger partial charge in [-0.15, -0.1) is 11.6 Å². The third-order valence-corrected chi connectivity index (χ3v) is 3.25. The van der Waals surface area contributed by atoms with Gasteiger partial charge in [-0.3, -0.25) is 4.79 Å². The predicted octanol–water partition coefficient (Wildman–Crippen LogP) is 2.17. The van der Waals surface area contributed by atoms with Crippen molar-refractivity contribution in [2.24, 2.45) is 0 Å². The number of aryl methyl sites for hydroxylation is 1. The Kier molecular flexibility index (Phi) is 4.59. The summed E-state index contributed by atoms with van der Waals surface area (Å²) < 4.78 is 1.90. The fraction of sp³-hybridized carbons (Fsp3) is 0.357. The number of carbonyl (C=O) groups excluding carboxylic acids is 1. The third kappa shape index (κ3) is 2.91. The van der Waals surface area contributed by atoms with Crippen LogP contribution in [-0.4, -0.2) is 22.0 Å². The summed E-state index contributed by atoms with van der Waals surface area (Å²) in [5, 5.41) is 11.7. The monoisotopic (exact) mass is 290 g/mol. The van der Waals surface area contributed by atoms with Crippen LogP contribution in [0.1, 0.15) is 24.7 Å². The summed E-state index contributed by atoms with van der Waals surface area (Å²) in [6.07, 6.45) is 0.361. The molecule has 0 aliphatic carbocycles. The van der Waals surface area contributed by atoms with Gasteiger partial charge < -0.3 is 9.88 Å². The molecule has 1 aromatic heterocycles. The molecular weight excluding hydrogens is 276 g/mol. The van der Waals surface area contributed by atoms with E-state index >= 15 is 0 Å². The van der Waals surface area contributed by atoms with Gasteiger partial charge in [-0.05, 0) is 25.1 Å². The standard InChI is InChI=1S/C14H15ClN4O/c1-2-17-14(20)5-6-19-12-7-10(9-16)3-4-11(12)18-13(19)8-15/h3-4,7H,2,5-6,8H2,1H3,(H,17,20). The second kappa shape index (κ2) is 6.40. The molecule has 0 saturated heterocycles. The number of carbonyl (C=O) groups is 1. The SMILES string of the molecule is CCNC(=O)CCn1c(CCl)nc2ccc(C#N)cc21. The maximum absolute atomic E-state index is 11.6. The van der Waals surface area contributed by atoms with Gasteiger partial charge in [0.25, 0.3) is 0 Å². The maximum atomic E-state index is 11.6. The number of rotatable bonds is 5. The average Bonchev–Trinajstić information content (AvgIpc) is 2.82. The van der Waals surface area contributed by atoms with Gasteiger partial charge >= 0.3 is 0 Å². The molecule has 104 valence electrons. The summed E-state index contributed by atoms with van der Waals surface area (Å²) in [6.45, 7) is 3.00. The first-order valence-electron chi connectivity index (χ1n) is 6.41. The molecule has 1 aromatic carbocycles. The third-order valence-electron chi connectivity index (χ3n) is 3.01. The number of nitrogens with zero attached hydrogens (tertiary/aromatic N) is 3. The first kappa shape index (κ1) is 14.4. The molecule has 0 aliphatic rings. The minimum absolute atomic E-state index is 0.00805. The molecule has 6 heteroatoms. The Morgan fingerprint density at radius 1 is 1.55 bits per heavy atom. The number of benzene rings is 1. The van der Waals surface area contributed by atoms with E-state index in [1.54, 1.807) is 18.2 Å². The second-order valence-corrected chi connectivity index (χ2v) is 4.60. The van der Waals surface area contributed by atoms with Crippen molar-refractivity contribution >= 4 is 28.5 Å². The van der Waals surface area contributed by atoms with Crippen LogP contribution < -0.4 is 5.32 Å². The van der Waals surface area contributed by atoms with Crippen molar-refractivity contribution in [2.75, 3.05) is 6.54 Å². The van der Waals surface area contributed by atoms with Crippen LogP contribution in [0.2, 0.25) is 0 Å². The Balaban J connectivity index is 2.34. The van der Waals surface area contributed by atoms with Crippen molar-refractivity contribution in [1.82, 2.24) is 14.9 Å². The van der Waals surface area contributed by atoms with E-state index in [1.165, 1.54) is 0 Å². The van der Waals surface area contributed by atoms with Crippen molar-refractivity contribution < 1.29 is 4.79 Å². The van der Waals surface area contributed by atoms with Gasteiger partial charge in [0.1, 0.15) is 5.82 Å². The van der Waals surface area contributed by atoms with E-state index in [9.17, 15) is 4.79 Å². The fourth-order valence-corrected chi connectivity index (χ4v) is 2.30. The van der Waals surface area contributed by atoms with Gasteiger partial charge in [0.15, 0.2) is 0 Å². The van der Waals surface area contributed by atoms with E-state index < -0.39 is 0 Å². The Hall–Kier alpha value is -2.06. The Bertz CT molecular complexity index is 672. The lowest BCUT2D eigenvalue weighted by atomic mass is 10.2. The Labute approximate surface area is 122 Å². The van der Waals surface area contributed by atoms with Gasteiger partial charge in [0.05, 0.1) is 28.5 Å². The number of amides is 1. The van der Waals surface area contributed by atoms with Crippen LogP contribution in [0.25, 0.3) is 11.0 Å². The number of aromatic nitrogens is 2. The molecule has 1 N–H and O–H groups in total. The lowest BCUT2D eigenvalue weighted by Gasteiger charge is -2.07. The molecule has 1 heterocycles. The number of hydrogen-bond acceptors (Lipinski definition) is 3. The van der Waals surface area contributed by atoms with Crippen LogP contribution in [-0.2, 0) is 17.2 Å². The molecule has 0 aliphatic heterocycles. The zero-order valence-corrected chi connectivity index (χ0v) is 11.9. The highest BCUT2D eigenvalue weighted by molar-refractivity contribution is 6.16. The zero-order chi connectivity index (χ0) is 14.5. The molecule has 5 nitrogen and oxygen atoms in total. The molecular formula is C14H15ClN4O. The van der Waals surface area contributed by atoms with Crippen molar-refractivity contribution in [3.63, 3.8) is 0 Å². The maximum Gasteiger partial charge on any atom is 0.221 e. The molecule has 0 atom stereocenters. The molecule has 0 radical (unpaired) electrons. The number of alkyl halides is 1. The lowest BCUT2D eigenvalue weighted by Crippen LogP contribution is -2.24. The van der Waals surface area contributed by atoms with E-state index in [2.05, 4.69) is 16.4 Å². The van der Waals surface area contributed by atoms with Crippen LogP contribution in [0.4, 0.5) is 0 Å². The number of hydrogen-bond donors (Lipinski definition) is 1. The normalized spacial score (nSPS) is 10.4. The number of imidazole rings is 1. The zero-order valence-electron chi connectivity index (χ0n) is 11.2. The number of nitrogens with one attached hydrogen (secondary N) is 1. The Morgan fingerprint density at radius 2 is 2.35 bits per heavy atom. The van der Waals surface area contributed by atoms with E-state index in [-0.39, 0.29) is 11.8 Å². The lowest BCUT2D eigenvalue weighted by molar-refractivity contribution is -0.121. The molecule has 1 amide bonds. The van der Waals surface area contributed by atoms with Crippen LogP contribution in [0, 0.1) is 11.3 Å². The highest BCUT2D eigenvalue weighted by Crippen LogP contribution is 2.19. The number of fused-ring (bicyclic) bond motifs is 1. The van der Waals surface area contributed by atoms with E-state index in [0.717, 1.165) is 11.0 Å². The van der Waals surface area contributed by atoms with E-state index in [0.29, 0.717) is 30.9 Å². The highest BCUT2D eigenvalue weighted by Gasteiger charge is 2.11. The highest BCUT2D eigenvalue weighted by atomic mass is 35.5. The predicted molar refractivity (Wildman–Crippen MR) is 77.3 cm³/mol. The average molecular weight is 291 g/mol. The topological polar surface area (TPSA) is 70.7 Å². The second-order valence-electron chi connectivity index (χ2n) is 4.33. The molecule has 2 rings (SSSR count). The Morgan fingerprint density at radius 3 is 3.00 bits per heavy atom. The smallest absolute Gasteiger partial charge is 0.221 e. The molecule has 0 saturated carbocycles. The first-order valence-corrected chi connectivity index (χ1v) is 6.95. The minimum Gasteiger partial charge on any atom is -0.356 e. The summed E-state index contributed by atoms with van der Waals surface area (Å²) in [5.74, 6) is 0.971. The largest absolute Gasteiger partial charge is 0.356 e. The van der Waals surface area contributed by atoms with Gasteiger partial charge in [0.2, 0.25) is 5.91 Å². The van der Waals surface area contributed by atoms with E-state index in [4.69, 9.17) is 16.9 Å². The summed E-state index contributed by atoms with van der Waals surface area (Å²) in [6, 6.07) is 7.40. The first-order chi connectivity index (χ1) is 9.69. The molecule has 2 aromatic rings. The van der Waals surface area contributed by atoms with Crippen molar-refractivity contribution in [2.45, 2.75) is 25.8 Å².